The van der Waals surface area contributed by atoms with Crippen molar-refractivity contribution in [3.63, 3.8) is 0 Å². The molecule has 2 unspecified atom stereocenters. The topological polar surface area (TPSA) is 71.5 Å². The van der Waals surface area contributed by atoms with Crippen molar-refractivity contribution < 1.29 is 9.59 Å². The Balaban J connectivity index is 1.34. The number of carbonyl (C=O) groups is 2. The van der Waals surface area contributed by atoms with Gasteiger partial charge in [-0.2, -0.15) is 0 Å². The van der Waals surface area contributed by atoms with Gasteiger partial charge in [0.25, 0.3) is 5.91 Å². The van der Waals surface area contributed by atoms with Gasteiger partial charge in [0.2, 0.25) is 0 Å². The van der Waals surface area contributed by atoms with Gasteiger partial charge in [-0.05, 0) is 17.2 Å². The summed E-state index contributed by atoms with van der Waals surface area (Å²) in [4.78, 5) is 38.1. The van der Waals surface area contributed by atoms with Crippen LogP contribution in [-0.4, -0.2) is 82.9 Å². The van der Waals surface area contributed by atoms with Crippen molar-refractivity contribution in [1.82, 2.24) is 24.9 Å². The Morgan fingerprint density at radius 2 is 1.67 bits per heavy atom. The van der Waals surface area contributed by atoms with E-state index in [1.165, 1.54) is 4.90 Å². The average molecular weight is 467 g/mol. The second kappa shape index (κ2) is 9.03. The number of urea groups is 1. The number of imide groups is 1. The lowest BCUT2D eigenvalue weighted by atomic mass is 10.1. The van der Waals surface area contributed by atoms with Crippen molar-refractivity contribution in [1.29, 1.82) is 0 Å². The smallest absolute Gasteiger partial charge is 0.325 e. The van der Waals surface area contributed by atoms with Crippen LogP contribution in [0.25, 0.3) is 0 Å². The van der Waals surface area contributed by atoms with E-state index in [-0.39, 0.29) is 5.91 Å². The monoisotopic (exact) mass is 466 g/mol. The van der Waals surface area contributed by atoms with Crippen LogP contribution in [0.4, 0.5) is 4.79 Å². The maximum absolute atomic E-state index is 12.8. The molecule has 3 aliphatic rings. The van der Waals surface area contributed by atoms with E-state index in [0.29, 0.717) is 6.54 Å². The first-order valence-electron chi connectivity index (χ1n) is 11.2. The van der Waals surface area contributed by atoms with Crippen molar-refractivity contribution in [3.05, 3.63) is 70.7 Å². The van der Waals surface area contributed by atoms with Crippen molar-refractivity contribution in [2.45, 2.75) is 25.3 Å². The molecule has 3 heterocycles. The van der Waals surface area contributed by atoms with Gasteiger partial charge in [0, 0.05) is 51.3 Å². The standard InChI is InChI=1S/C24H27ClN6O2/c1-28-21-20(22(32)27-24(28)33)31(15-17-7-3-2-4-8-17)23(26-21)30-13-11-29(12-14-30)16-18-9-5-6-10-19(18)25/h2-10,20-21H,11-16H2,1H3,(H,27,32,33). The van der Waals surface area contributed by atoms with E-state index in [4.69, 9.17) is 16.6 Å². The van der Waals surface area contributed by atoms with Gasteiger partial charge in [-0.25, -0.2) is 9.79 Å². The predicted octanol–water partition coefficient (Wildman–Crippen LogP) is 2.21. The summed E-state index contributed by atoms with van der Waals surface area (Å²) in [7, 11) is 1.69. The highest BCUT2D eigenvalue weighted by Crippen LogP contribution is 2.28. The Morgan fingerprint density at radius 1 is 0.970 bits per heavy atom. The summed E-state index contributed by atoms with van der Waals surface area (Å²) in [6, 6.07) is 17.0. The number of fused-ring (bicyclic) bond motifs is 1. The maximum Gasteiger partial charge on any atom is 0.325 e. The first-order valence-corrected chi connectivity index (χ1v) is 11.6. The zero-order valence-corrected chi connectivity index (χ0v) is 19.3. The van der Waals surface area contributed by atoms with Crippen LogP contribution in [-0.2, 0) is 17.9 Å². The Morgan fingerprint density at radius 3 is 2.39 bits per heavy atom. The maximum atomic E-state index is 12.8. The molecule has 0 aliphatic carbocycles. The Labute approximate surface area is 198 Å². The number of halogens is 1. The molecule has 5 rings (SSSR count). The number of nitrogens with zero attached hydrogens (tertiary/aromatic N) is 5. The molecule has 2 fully saturated rings. The summed E-state index contributed by atoms with van der Waals surface area (Å²) < 4.78 is 0. The third-order valence-electron chi connectivity index (χ3n) is 6.54. The number of guanidine groups is 1. The van der Waals surface area contributed by atoms with Gasteiger partial charge < -0.3 is 14.7 Å². The zero-order chi connectivity index (χ0) is 22.9. The Hall–Kier alpha value is -3.10. The first-order chi connectivity index (χ1) is 16.0. The van der Waals surface area contributed by atoms with Crippen LogP contribution >= 0.6 is 11.6 Å². The first kappa shape index (κ1) is 21.7. The molecule has 33 heavy (non-hydrogen) atoms. The summed E-state index contributed by atoms with van der Waals surface area (Å²) in [5, 5.41) is 3.26. The fraction of sp³-hybridized carbons (Fsp3) is 0.375. The van der Waals surface area contributed by atoms with Gasteiger partial charge in [0.05, 0.1) is 0 Å². The summed E-state index contributed by atoms with van der Waals surface area (Å²) in [6.07, 6.45) is -0.522. The number of benzene rings is 2. The highest BCUT2D eigenvalue weighted by molar-refractivity contribution is 6.31. The van der Waals surface area contributed by atoms with Crippen LogP contribution in [0.5, 0.6) is 0 Å². The fourth-order valence-electron chi connectivity index (χ4n) is 4.70. The van der Waals surface area contributed by atoms with E-state index in [9.17, 15) is 9.59 Å². The van der Waals surface area contributed by atoms with E-state index in [1.54, 1.807) is 7.05 Å². The van der Waals surface area contributed by atoms with Gasteiger partial charge in [-0.1, -0.05) is 60.1 Å². The minimum atomic E-state index is -0.538. The number of carbonyl (C=O) groups excluding carboxylic acids is 2. The van der Waals surface area contributed by atoms with Crippen LogP contribution in [0.15, 0.2) is 59.6 Å². The number of aliphatic imine (C=N–C) groups is 1. The minimum absolute atomic E-state index is 0.296. The fourth-order valence-corrected chi connectivity index (χ4v) is 4.89. The molecular formula is C24H27ClN6O2. The lowest BCUT2D eigenvalue weighted by Crippen LogP contribution is -2.64. The number of rotatable bonds is 4. The molecule has 3 amide bonds. The highest BCUT2D eigenvalue weighted by Gasteiger charge is 2.49. The molecule has 8 nitrogen and oxygen atoms in total. The summed E-state index contributed by atoms with van der Waals surface area (Å²) in [5.74, 6) is 0.484. The quantitative estimate of drug-likeness (QED) is 0.748. The molecule has 3 aliphatic heterocycles. The summed E-state index contributed by atoms with van der Waals surface area (Å²) in [5.41, 5.74) is 2.22. The second-order valence-electron chi connectivity index (χ2n) is 8.66. The number of hydrogen-bond donors (Lipinski definition) is 1. The van der Waals surface area contributed by atoms with Crippen molar-refractivity contribution >= 4 is 29.5 Å². The van der Waals surface area contributed by atoms with E-state index in [2.05, 4.69) is 21.2 Å². The Kier molecular flexibility index (Phi) is 5.95. The van der Waals surface area contributed by atoms with Gasteiger partial charge in [-0.15, -0.1) is 0 Å². The van der Waals surface area contributed by atoms with Crippen molar-refractivity contribution in [2.24, 2.45) is 4.99 Å². The Bertz CT molecular complexity index is 1070. The number of amides is 3. The zero-order valence-electron chi connectivity index (χ0n) is 18.5. The van der Waals surface area contributed by atoms with E-state index in [1.807, 2.05) is 53.4 Å². The molecule has 2 saturated heterocycles. The van der Waals surface area contributed by atoms with Gasteiger partial charge in [0.1, 0.15) is 0 Å². The number of hydrogen-bond acceptors (Lipinski definition) is 6. The molecule has 0 aromatic heterocycles. The van der Waals surface area contributed by atoms with Crippen LogP contribution in [0.2, 0.25) is 5.02 Å². The molecule has 2 atom stereocenters. The van der Waals surface area contributed by atoms with E-state index in [0.717, 1.165) is 54.8 Å². The lowest BCUT2D eigenvalue weighted by molar-refractivity contribution is -0.127. The number of nitrogens with one attached hydrogen (secondary N) is 1. The predicted molar refractivity (Wildman–Crippen MR) is 127 cm³/mol. The van der Waals surface area contributed by atoms with Crippen molar-refractivity contribution in [2.75, 3.05) is 33.2 Å². The summed E-state index contributed by atoms with van der Waals surface area (Å²) >= 11 is 6.35. The van der Waals surface area contributed by atoms with E-state index >= 15 is 0 Å². The third-order valence-corrected chi connectivity index (χ3v) is 6.91. The second-order valence-corrected chi connectivity index (χ2v) is 9.07. The molecule has 1 N–H and O–H groups in total. The van der Waals surface area contributed by atoms with Crippen molar-refractivity contribution in [3.8, 4) is 0 Å². The minimum Gasteiger partial charge on any atom is -0.340 e. The average Bonchev–Trinajstić information content (AvgIpc) is 3.20. The summed E-state index contributed by atoms with van der Waals surface area (Å²) in [6.45, 7) is 4.65. The van der Waals surface area contributed by atoms with Gasteiger partial charge in [0.15, 0.2) is 18.2 Å². The van der Waals surface area contributed by atoms with Crippen LogP contribution in [0.3, 0.4) is 0 Å². The van der Waals surface area contributed by atoms with Gasteiger partial charge >= 0.3 is 6.03 Å². The molecule has 0 radical (unpaired) electrons. The number of piperazine rings is 1. The molecule has 0 bridgehead atoms. The van der Waals surface area contributed by atoms with Crippen LogP contribution in [0, 0.1) is 0 Å². The molecular weight excluding hydrogens is 440 g/mol. The molecule has 2 aromatic rings. The molecule has 2 aromatic carbocycles. The highest BCUT2D eigenvalue weighted by atomic mass is 35.5. The number of likely N-dealkylation sites (N-methyl/N-ethyl adjacent to an activating group) is 1. The van der Waals surface area contributed by atoms with E-state index < -0.39 is 18.2 Å². The normalized spacial score (nSPS) is 23.5. The SMILES string of the molecule is CN1C(=O)NC(=O)C2C1N=C(N1CCN(Cc3ccccc3Cl)CC1)N2Cc1ccccc1. The van der Waals surface area contributed by atoms with Crippen LogP contribution < -0.4 is 5.32 Å². The van der Waals surface area contributed by atoms with Gasteiger partial charge in [-0.3, -0.25) is 15.0 Å². The molecule has 9 heteroatoms. The molecule has 172 valence electrons. The molecule has 0 saturated carbocycles. The largest absolute Gasteiger partial charge is 0.340 e. The third kappa shape index (κ3) is 4.28. The lowest BCUT2D eigenvalue weighted by Gasteiger charge is -2.40. The molecule has 0 spiro atoms. The van der Waals surface area contributed by atoms with Crippen LogP contribution in [0.1, 0.15) is 11.1 Å².